The van der Waals surface area contributed by atoms with Crippen molar-refractivity contribution in [2.45, 2.75) is 6.54 Å². The number of ether oxygens (including phenoxy) is 1. The van der Waals surface area contributed by atoms with E-state index in [1.165, 1.54) is 10.9 Å². The van der Waals surface area contributed by atoms with Crippen molar-refractivity contribution in [3.8, 4) is 5.75 Å². The van der Waals surface area contributed by atoms with E-state index in [0.717, 1.165) is 11.3 Å². The van der Waals surface area contributed by atoms with Crippen LogP contribution in [0, 0.1) is 0 Å². The number of rotatable bonds is 4. The number of hydrogen-bond donors (Lipinski definition) is 1. The minimum absolute atomic E-state index is 0.249. The number of nitrogens with zero attached hydrogens (tertiary/aromatic N) is 2. The monoisotopic (exact) mass is 279 g/mol. The molecule has 0 saturated carbocycles. The van der Waals surface area contributed by atoms with Gasteiger partial charge in [0.2, 0.25) is 0 Å². The molecule has 6 heteroatoms. The van der Waals surface area contributed by atoms with Crippen LogP contribution in [-0.4, -0.2) is 22.8 Å². The van der Waals surface area contributed by atoms with Crippen molar-refractivity contribution in [1.82, 2.24) is 15.1 Å². The van der Waals surface area contributed by atoms with Crippen LogP contribution in [0.25, 0.3) is 0 Å². The number of amides is 1. The summed E-state index contributed by atoms with van der Waals surface area (Å²) in [6.45, 7) is 0.421. The van der Waals surface area contributed by atoms with Gasteiger partial charge in [-0.15, -0.1) is 0 Å². The van der Waals surface area contributed by atoms with Crippen LogP contribution in [0.5, 0.6) is 5.75 Å². The highest BCUT2D eigenvalue weighted by atomic mass is 35.5. The van der Waals surface area contributed by atoms with E-state index in [1.54, 1.807) is 14.2 Å². The lowest BCUT2D eigenvalue weighted by Gasteiger charge is -2.07. The fraction of sp³-hybridized carbons (Fsp3) is 0.231. The second-order valence-electron chi connectivity index (χ2n) is 4.00. The van der Waals surface area contributed by atoms with Crippen LogP contribution in [-0.2, 0) is 13.6 Å². The van der Waals surface area contributed by atoms with Crippen LogP contribution in [0.3, 0.4) is 0 Å². The van der Waals surface area contributed by atoms with E-state index in [9.17, 15) is 4.79 Å². The molecule has 0 aliphatic carbocycles. The van der Waals surface area contributed by atoms with E-state index in [0.29, 0.717) is 17.3 Å². The quantitative estimate of drug-likeness (QED) is 0.931. The Morgan fingerprint density at radius 1 is 1.42 bits per heavy atom. The molecule has 0 saturated heterocycles. The van der Waals surface area contributed by atoms with Crippen molar-refractivity contribution in [3.63, 3.8) is 0 Å². The summed E-state index contributed by atoms with van der Waals surface area (Å²) < 4.78 is 6.52. The average Bonchev–Trinajstić information content (AvgIpc) is 2.76. The molecule has 0 aliphatic heterocycles. The van der Waals surface area contributed by atoms with Crippen LogP contribution in [0.1, 0.15) is 16.1 Å². The van der Waals surface area contributed by atoms with Crippen LogP contribution < -0.4 is 10.1 Å². The molecule has 0 atom stereocenters. The van der Waals surface area contributed by atoms with Gasteiger partial charge in [0.05, 0.1) is 18.3 Å². The topological polar surface area (TPSA) is 56.1 Å². The SMILES string of the molecule is COc1ccc(CNC(=O)c2c(Cl)cnn2C)cc1. The third kappa shape index (κ3) is 3.06. The predicted molar refractivity (Wildman–Crippen MR) is 72.4 cm³/mol. The Morgan fingerprint density at radius 3 is 2.63 bits per heavy atom. The first kappa shape index (κ1) is 13.4. The first-order valence-electron chi connectivity index (χ1n) is 5.70. The van der Waals surface area contributed by atoms with E-state index in [-0.39, 0.29) is 5.91 Å². The zero-order valence-corrected chi connectivity index (χ0v) is 11.4. The Kier molecular flexibility index (Phi) is 4.06. The number of carbonyl (C=O) groups is 1. The van der Waals surface area contributed by atoms with Crippen molar-refractivity contribution in [1.29, 1.82) is 0 Å². The van der Waals surface area contributed by atoms with Crippen molar-refractivity contribution < 1.29 is 9.53 Å². The largest absolute Gasteiger partial charge is 0.497 e. The fourth-order valence-electron chi connectivity index (χ4n) is 1.68. The summed E-state index contributed by atoms with van der Waals surface area (Å²) in [5.41, 5.74) is 1.34. The van der Waals surface area contributed by atoms with Crippen LogP contribution in [0.2, 0.25) is 5.02 Å². The lowest BCUT2D eigenvalue weighted by Crippen LogP contribution is -2.25. The first-order chi connectivity index (χ1) is 9.11. The lowest BCUT2D eigenvalue weighted by atomic mass is 10.2. The Morgan fingerprint density at radius 2 is 2.11 bits per heavy atom. The summed E-state index contributed by atoms with van der Waals surface area (Å²) in [4.78, 5) is 12.0. The number of aromatic nitrogens is 2. The van der Waals surface area contributed by atoms with Crippen molar-refractivity contribution in [3.05, 3.63) is 46.7 Å². The molecular weight excluding hydrogens is 266 g/mol. The van der Waals surface area contributed by atoms with Gasteiger partial charge in [0.1, 0.15) is 11.4 Å². The van der Waals surface area contributed by atoms with E-state index in [2.05, 4.69) is 10.4 Å². The van der Waals surface area contributed by atoms with Crippen LogP contribution >= 0.6 is 11.6 Å². The first-order valence-corrected chi connectivity index (χ1v) is 6.08. The van der Waals surface area contributed by atoms with Gasteiger partial charge in [0, 0.05) is 13.6 Å². The van der Waals surface area contributed by atoms with Gasteiger partial charge in [-0.1, -0.05) is 23.7 Å². The molecule has 2 rings (SSSR count). The highest BCUT2D eigenvalue weighted by Crippen LogP contribution is 2.14. The van der Waals surface area contributed by atoms with Crippen LogP contribution in [0.15, 0.2) is 30.5 Å². The fourth-order valence-corrected chi connectivity index (χ4v) is 1.93. The molecule has 2 aromatic rings. The van der Waals surface area contributed by atoms with Gasteiger partial charge in [-0.2, -0.15) is 5.10 Å². The molecule has 0 unspecified atom stereocenters. The number of nitrogens with one attached hydrogen (secondary N) is 1. The average molecular weight is 280 g/mol. The number of carbonyl (C=O) groups excluding carboxylic acids is 1. The van der Waals surface area contributed by atoms with Gasteiger partial charge in [-0.3, -0.25) is 9.48 Å². The summed E-state index contributed by atoms with van der Waals surface area (Å²) in [5.74, 6) is 0.533. The minimum atomic E-state index is -0.249. The molecule has 100 valence electrons. The van der Waals surface area contributed by atoms with E-state index in [1.807, 2.05) is 24.3 Å². The van der Waals surface area contributed by atoms with Crippen molar-refractivity contribution in [2.75, 3.05) is 7.11 Å². The maximum Gasteiger partial charge on any atom is 0.271 e. The van der Waals surface area contributed by atoms with Crippen LogP contribution in [0.4, 0.5) is 0 Å². The molecule has 1 N–H and O–H groups in total. The number of halogens is 1. The van der Waals surface area contributed by atoms with E-state index >= 15 is 0 Å². The lowest BCUT2D eigenvalue weighted by molar-refractivity contribution is 0.0941. The molecule has 1 heterocycles. The standard InChI is InChI=1S/C13H14ClN3O2/c1-17-12(11(14)8-16-17)13(18)15-7-9-3-5-10(19-2)6-4-9/h3-6,8H,7H2,1-2H3,(H,15,18). The predicted octanol–water partition coefficient (Wildman–Crippen LogP) is 2.01. The molecular formula is C13H14ClN3O2. The third-order valence-corrected chi connectivity index (χ3v) is 3.00. The van der Waals surface area contributed by atoms with Crippen molar-refractivity contribution in [2.24, 2.45) is 7.05 Å². The van der Waals surface area contributed by atoms with E-state index < -0.39 is 0 Å². The molecule has 1 aromatic carbocycles. The molecule has 1 aromatic heterocycles. The van der Waals surface area contributed by atoms with Gasteiger partial charge >= 0.3 is 0 Å². The molecule has 0 bridgehead atoms. The highest BCUT2D eigenvalue weighted by Gasteiger charge is 2.14. The minimum Gasteiger partial charge on any atom is -0.497 e. The Hall–Kier alpha value is -2.01. The molecule has 0 aliphatic rings. The third-order valence-electron chi connectivity index (χ3n) is 2.72. The molecule has 0 spiro atoms. The Labute approximate surface area is 116 Å². The summed E-state index contributed by atoms with van der Waals surface area (Å²) in [6.07, 6.45) is 1.45. The summed E-state index contributed by atoms with van der Waals surface area (Å²) in [5, 5.41) is 7.06. The second-order valence-corrected chi connectivity index (χ2v) is 4.40. The smallest absolute Gasteiger partial charge is 0.271 e. The maximum atomic E-state index is 12.0. The molecule has 19 heavy (non-hydrogen) atoms. The van der Waals surface area contributed by atoms with Gasteiger partial charge in [-0.25, -0.2) is 0 Å². The van der Waals surface area contributed by atoms with Gasteiger partial charge in [0.25, 0.3) is 5.91 Å². The highest BCUT2D eigenvalue weighted by molar-refractivity contribution is 6.33. The van der Waals surface area contributed by atoms with Gasteiger partial charge in [-0.05, 0) is 17.7 Å². The molecule has 5 nitrogen and oxygen atoms in total. The molecule has 0 radical (unpaired) electrons. The number of aryl methyl sites for hydroxylation is 1. The van der Waals surface area contributed by atoms with Gasteiger partial charge < -0.3 is 10.1 Å². The second kappa shape index (κ2) is 5.75. The molecule has 0 fully saturated rings. The maximum absolute atomic E-state index is 12.0. The number of hydrogen-bond acceptors (Lipinski definition) is 3. The number of benzene rings is 1. The Bertz CT molecular complexity index is 559. The Balaban J connectivity index is 2.00. The van der Waals surface area contributed by atoms with Crippen molar-refractivity contribution >= 4 is 17.5 Å². The number of methoxy groups -OCH3 is 1. The zero-order chi connectivity index (χ0) is 13.8. The zero-order valence-electron chi connectivity index (χ0n) is 10.7. The van der Waals surface area contributed by atoms with Gasteiger partial charge in [0.15, 0.2) is 0 Å². The summed E-state index contributed by atoms with van der Waals surface area (Å²) >= 11 is 5.90. The molecule has 1 amide bonds. The summed E-state index contributed by atoms with van der Waals surface area (Å²) in [6, 6.07) is 7.48. The normalized spacial score (nSPS) is 10.3. The van der Waals surface area contributed by atoms with E-state index in [4.69, 9.17) is 16.3 Å². The summed E-state index contributed by atoms with van der Waals surface area (Å²) in [7, 11) is 3.29.